The number of likely N-dealkylation sites (tertiary alicyclic amines) is 1. The van der Waals surface area contributed by atoms with Gasteiger partial charge in [0.05, 0.1) is 6.10 Å². The van der Waals surface area contributed by atoms with Crippen LogP contribution in [-0.4, -0.2) is 35.1 Å². The molecule has 18 heavy (non-hydrogen) atoms. The first-order valence-electron chi connectivity index (χ1n) is 6.06. The normalized spacial score (nSPS) is 20.3. The molecule has 0 radical (unpaired) electrons. The minimum Gasteiger partial charge on any atom is -0.391 e. The number of halogens is 1. The number of carbonyl (C=O) groups excluding carboxylic acids is 1. The highest BCUT2D eigenvalue weighted by Gasteiger charge is 2.20. The molecule has 1 aromatic carbocycles. The maximum Gasteiger partial charge on any atom is 0.246 e. The highest BCUT2D eigenvalue weighted by molar-refractivity contribution is 5.91. The Labute approximate surface area is 106 Å². The first-order valence-corrected chi connectivity index (χ1v) is 6.06. The first-order chi connectivity index (χ1) is 8.65. The number of amides is 1. The van der Waals surface area contributed by atoms with E-state index in [2.05, 4.69) is 0 Å². The number of piperidine rings is 1. The molecule has 1 atom stereocenters. The van der Waals surface area contributed by atoms with E-state index in [0.717, 1.165) is 12.8 Å². The number of carbonyl (C=O) groups is 1. The molecule has 1 amide bonds. The quantitative estimate of drug-likeness (QED) is 0.812. The zero-order chi connectivity index (χ0) is 13.0. The minimum absolute atomic E-state index is 0.141. The molecule has 0 aromatic heterocycles. The molecule has 2 rings (SSSR count). The van der Waals surface area contributed by atoms with Crippen molar-refractivity contribution in [2.45, 2.75) is 18.9 Å². The van der Waals surface area contributed by atoms with Crippen LogP contribution in [0.1, 0.15) is 18.4 Å². The lowest BCUT2D eigenvalue weighted by Crippen LogP contribution is -2.41. The summed E-state index contributed by atoms with van der Waals surface area (Å²) in [6.07, 6.45) is 4.15. The Balaban J connectivity index is 1.98. The lowest BCUT2D eigenvalue weighted by atomic mass is 10.1. The van der Waals surface area contributed by atoms with E-state index in [0.29, 0.717) is 18.7 Å². The summed E-state index contributed by atoms with van der Waals surface area (Å²) in [6.45, 7) is 1.05. The van der Waals surface area contributed by atoms with E-state index in [9.17, 15) is 14.3 Å². The first kappa shape index (κ1) is 12.8. The van der Waals surface area contributed by atoms with Crippen molar-refractivity contribution in [2.24, 2.45) is 0 Å². The van der Waals surface area contributed by atoms with Gasteiger partial charge in [0.2, 0.25) is 5.91 Å². The van der Waals surface area contributed by atoms with E-state index in [1.807, 2.05) is 0 Å². The van der Waals surface area contributed by atoms with Gasteiger partial charge in [-0.2, -0.15) is 0 Å². The molecule has 1 fully saturated rings. The molecule has 0 unspecified atom stereocenters. The predicted octanol–water partition coefficient (Wildman–Crippen LogP) is 1.82. The number of β-amino-alcohol motifs (C(OH)–C–C–N with tert-alkyl or cyclic N) is 1. The van der Waals surface area contributed by atoms with Gasteiger partial charge in [0.25, 0.3) is 0 Å². The topological polar surface area (TPSA) is 40.5 Å². The van der Waals surface area contributed by atoms with Crippen LogP contribution < -0.4 is 0 Å². The molecule has 1 saturated heterocycles. The van der Waals surface area contributed by atoms with Gasteiger partial charge < -0.3 is 10.0 Å². The summed E-state index contributed by atoms with van der Waals surface area (Å²) < 4.78 is 12.9. The van der Waals surface area contributed by atoms with Crippen LogP contribution in [0.15, 0.2) is 30.3 Å². The van der Waals surface area contributed by atoms with E-state index < -0.39 is 6.10 Å². The molecule has 1 heterocycles. The third kappa shape index (κ3) is 3.40. The number of benzene rings is 1. The lowest BCUT2D eigenvalue weighted by molar-refractivity contribution is -0.128. The van der Waals surface area contributed by atoms with Crippen molar-refractivity contribution in [3.05, 3.63) is 41.7 Å². The number of rotatable bonds is 2. The van der Waals surface area contributed by atoms with Gasteiger partial charge >= 0.3 is 0 Å². The summed E-state index contributed by atoms with van der Waals surface area (Å²) >= 11 is 0. The molecule has 1 aliphatic heterocycles. The molecule has 0 bridgehead atoms. The van der Waals surface area contributed by atoms with Gasteiger partial charge in [-0.3, -0.25) is 4.79 Å². The van der Waals surface area contributed by atoms with Crippen LogP contribution in [-0.2, 0) is 4.79 Å². The second-order valence-corrected chi connectivity index (χ2v) is 4.47. The number of hydrogen-bond donors (Lipinski definition) is 1. The maximum atomic E-state index is 12.9. The smallest absolute Gasteiger partial charge is 0.246 e. The fourth-order valence-electron chi connectivity index (χ4n) is 2.04. The van der Waals surface area contributed by atoms with Crippen molar-refractivity contribution in [1.82, 2.24) is 4.90 Å². The van der Waals surface area contributed by atoms with E-state index in [1.165, 1.54) is 18.2 Å². The van der Waals surface area contributed by atoms with E-state index in [4.69, 9.17) is 0 Å². The third-order valence-electron chi connectivity index (χ3n) is 2.98. The van der Waals surface area contributed by atoms with Gasteiger partial charge in [0.15, 0.2) is 0 Å². The Kier molecular flexibility index (Phi) is 4.10. The molecule has 0 aliphatic carbocycles. The van der Waals surface area contributed by atoms with Crippen LogP contribution in [0, 0.1) is 5.82 Å². The third-order valence-corrected chi connectivity index (χ3v) is 2.98. The lowest BCUT2D eigenvalue weighted by Gasteiger charge is -2.29. The Hall–Kier alpha value is -1.68. The van der Waals surface area contributed by atoms with Crippen LogP contribution >= 0.6 is 0 Å². The Morgan fingerprint density at radius 2 is 2.33 bits per heavy atom. The fraction of sp³-hybridized carbons (Fsp3) is 0.357. The zero-order valence-corrected chi connectivity index (χ0v) is 10.1. The molecule has 1 aliphatic rings. The summed E-state index contributed by atoms with van der Waals surface area (Å²) in [5.74, 6) is -0.462. The summed E-state index contributed by atoms with van der Waals surface area (Å²) in [5.41, 5.74) is 0.654. The average Bonchev–Trinajstić information content (AvgIpc) is 2.36. The second kappa shape index (κ2) is 5.78. The zero-order valence-electron chi connectivity index (χ0n) is 10.1. The van der Waals surface area contributed by atoms with E-state index >= 15 is 0 Å². The Morgan fingerprint density at radius 3 is 3.06 bits per heavy atom. The molecule has 96 valence electrons. The fourth-order valence-corrected chi connectivity index (χ4v) is 2.04. The van der Waals surface area contributed by atoms with Crippen molar-refractivity contribution in [2.75, 3.05) is 13.1 Å². The summed E-state index contributed by atoms with van der Waals surface area (Å²) in [6, 6.07) is 6.07. The van der Waals surface area contributed by atoms with Crippen LogP contribution in [0.2, 0.25) is 0 Å². The summed E-state index contributed by atoms with van der Waals surface area (Å²) in [7, 11) is 0. The number of aliphatic hydroxyl groups is 1. The van der Waals surface area contributed by atoms with Crippen LogP contribution in [0.25, 0.3) is 6.08 Å². The number of nitrogens with zero attached hydrogens (tertiary/aromatic N) is 1. The van der Waals surface area contributed by atoms with Gasteiger partial charge in [-0.15, -0.1) is 0 Å². The Bertz CT molecular complexity index is 459. The van der Waals surface area contributed by atoms with Gasteiger partial charge in [0, 0.05) is 19.2 Å². The van der Waals surface area contributed by atoms with Crippen LogP contribution in [0.3, 0.4) is 0 Å². The molecule has 0 saturated carbocycles. The minimum atomic E-state index is -0.426. The SMILES string of the molecule is O=C(/C=C/c1cccc(F)c1)N1CCC[C@H](O)C1. The van der Waals surface area contributed by atoms with Crippen molar-refractivity contribution < 1.29 is 14.3 Å². The molecular weight excluding hydrogens is 233 g/mol. The molecule has 1 N–H and O–H groups in total. The molecule has 4 heteroatoms. The van der Waals surface area contributed by atoms with Crippen molar-refractivity contribution in [3.63, 3.8) is 0 Å². The predicted molar refractivity (Wildman–Crippen MR) is 67.3 cm³/mol. The van der Waals surface area contributed by atoms with Gasteiger partial charge in [-0.1, -0.05) is 12.1 Å². The molecule has 1 aromatic rings. The van der Waals surface area contributed by atoms with Gasteiger partial charge in [-0.05, 0) is 36.6 Å². The largest absolute Gasteiger partial charge is 0.391 e. The van der Waals surface area contributed by atoms with E-state index in [1.54, 1.807) is 23.1 Å². The molecule has 3 nitrogen and oxygen atoms in total. The average molecular weight is 249 g/mol. The highest BCUT2D eigenvalue weighted by Crippen LogP contribution is 2.11. The molecule has 0 spiro atoms. The Morgan fingerprint density at radius 1 is 1.50 bits per heavy atom. The van der Waals surface area contributed by atoms with Gasteiger partial charge in [0.1, 0.15) is 5.82 Å². The number of hydrogen-bond acceptors (Lipinski definition) is 2. The summed E-state index contributed by atoms with van der Waals surface area (Å²) in [4.78, 5) is 13.5. The van der Waals surface area contributed by atoms with Crippen LogP contribution in [0.4, 0.5) is 4.39 Å². The monoisotopic (exact) mass is 249 g/mol. The molecular formula is C14H16FNO2. The van der Waals surface area contributed by atoms with Gasteiger partial charge in [-0.25, -0.2) is 4.39 Å². The van der Waals surface area contributed by atoms with Crippen molar-refractivity contribution >= 4 is 12.0 Å². The van der Waals surface area contributed by atoms with Crippen molar-refractivity contribution in [1.29, 1.82) is 0 Å². The highest BCUT2D eigenvalue weighted by atomic mass is 19.1. The van der Waals surface area contributed by atoms with Crippen LogP contribution in [0.5, 0.6) is 0 Å². The summed E-state index contributed by atoms with van der Waals surface area (Å²) in [5, 5.41) is 9.48. The van der Waals surface area contributed by atoms with Crippen molar-refractivity contribution in [3.8, 4) is 0 Å². The van der Waals surface area contributed by atoms with E-state index in [-0.39, 0.29) is 11.7 Å². The maximum absolute atomic E-state index is 12.9. The second-order valence-electron chi connectivity index (χ2n) is 4.47. The standard InChI is InChI=1S/C14H16FNO2/c15-12-4-1-3-11(9-12)6-7-14(18)16-8-2-5-13(17)10-16/h1,3-4,6-7,9,13,17H,2,5,8,10H2/b7-6+/t13-/m0/s1. The number of aliphatic hydroxyl groups excluding tert-OH is 1.